The summed E-state index contributed by atoms with van der Waals surface area (Å²) in [7, 11) is 0. The van der Waals surface area contributed by atoms with Crippen LogP contribution < -0.4 is 10.1 Å². The van der Waals surface area contributed by atoms with Gasteiger partial charge in [-0.2, -0.15) is 0 Å². The summed E-state index contributed by atoms with van der Waals surface area (Å²) >= 11 is 12.3. The van der Waals surface area contributed by atoms with Crippen LogP contribution in [-0.4, -0.2) is 35.4 Å². The van der Waals surface area contributed by atoms with Gasteiger partial charge >= 0.3 is 0 Å². The summed E-state index contributed by atoms with van der Waals surface area (Å²) < 4.78 is 5.65. The Bertz CT molecular complexity index is 871. The molecule has 0 fully saturated rings. The predicted octanol–water partition coefficient (Wildman–Crippen LogP) is 4.62. The second-order valence-corrected chi connectivity index (χ2v) is 7.97. The molecule has 2 amide bonds. The second kappa shape index (κ2) is 10.5. The zero-order valence-corrected chi connectivity index (χ0v) is 18.6. The van der Waals surface area contributed by atoms with Crippen LogP contribution in [0.25, 0.3) is 0 Å². The van der Waals surface area contributed by atoms with Gasteiger partial charge in [-0.25, -0.2) is 0 Å². The van der Waals surface area contributed by atoms with Crippen LogP contribution in [0, 0.1) is 6.92 Å². The number of hydrogen-bond donors (Lipinski definition) is 1. The van der Waals surface area contributed by atoms with E-state index >= 15 is 0 Å². The highest BCUT2D eigenvalue weighted by Crippen LogP contribution is 2.22. The summed E-state index contributed by atoms with van der Waals surface area (Å²) in [5.41, 5.74) is 1.61. The molecule has 0 aliphatic rings. The zero-order valence-electron chi connectivity index (χ0n) is 17.0. The highest BCUT2D eigenvalue weighted by molar-refractivity contribution is 6.31. The number of rotatable bonds is 8. The molecule has 0 aliphatic heterocycles. The summed E-state index contributed by atoms with van der Waals surface area (Å²) in [5, 5.41) is 4.01. The molecule has 0 heterocycles. The van der Waals surface area contributed by atoms with Crippen molar-refractivity contribution in [1.82, 2.24) is 10.2 Å². The fourth-order valence-corrected chi connectivity index (χ4v) is 3.05. The molecular weight excluding hydrogens is 411 g/mol. The van der Waals surface area contributed by atoms with Crippen LogP contribution >= 0.6 is 23.2 Å². The number of benzene rings is 2. The number of ether oxygens (including phenoxy) is 1. The zero-order chi connectivity index (χ0) is 21.6. The van der Waals surface area contributed by atoms with Crippen molar-refractivity contribution in [3.05, 3.63) is 63.6 Å². The van der Waals surface area contributed by atoms with Crippen LogP contribution in [0.15, 0.2) is 42.5 Å². The molecular formula is C22H26Cl2N2O3. The number of aryl methyl sites for hydroxylation is 1. The Morgan fingerprint density at radius 1 is 1.07 bits per heavy atom. The molecule has 156 valence electrons. The number of hydrogen-bond acceptors (Lipinski definition) is 3. The van der Waals surface area contributed by atoms with E-state index < -0.39 is 6.04 Å². The maximum absolute atomic E-state index is 13.0. The third-order valence-corrected chi connectivity index (χ3v) is 5.18. The highest BCUT2D eigenvalue weighted by atomic mass is 35.5. The van der Waals surface area contributed by atoms with Crippen molar-refractivity contribution in [3.8, 4) is 5.75 Å². The molecule has 0 saturated heterocycles. The Morgan fingerprint density at radius 2 is 1.76 bits per heavy atom. The van der Waals surface area contributed by atoms with Gasteiger partial charge in [0.2, 0.25) is 5.91 Å². The Kier molecular flexibility index (Phi) is 8.35. The Balaban J connectivity index is 2.18. The van der Waals surface area contributed by atoms with Gasteiger partial charge < -0.3 is 15.0 Å². The maximum atomic E-state index is 13.0. The van der Waals surface area contributed by atoms with Crippen molar-refractivity contribution in [2.45, 2.75) is 46.3 Å². The van der Waals surface area contributed by atoms with Crippen molar-refractivity contribution in [1.29, 1.82) is 0 Å². The minimum Gasteiger partial charge on any atom is -0.484 e. The van der Waals surface area contributed by atoms with Crippen molar-refractivity contribution >= 4 is 35.0 Å². The molecule has 0 unspecified atom stereocenters. The first-order valence-electron chi connectivity index (χ1n) is 9.41. The lowest BCUT2D eigenvalue weighted by atomic mass is 10.1. The summed E-state index contributed by atoms with van der Waals surface area (Å²) in [5.74, 6) is -0.0103. The third-order valence-electron chi connectivity index (χ3n) is 4.39. The van der Waals surface area contributed by atoms with Gasteiger partial charge in [0.05, 0.1) is 0 Å². The topological polar surface area (TPSA) is 58.6 Å². The molecule has 0 aliphatic carbocycles. The summed E-state index contributed by atoms with van der Waals surface area (Å²) in [6, 6.07) is 11.7. The fraction of sp³-hybridized carbons (Fsp3) is 0.364. The summed E-state index contributed by atoms with van der Waals surface area (Å²) in [6.45, 7) is 7.30. The Hall–Kier alpha value is -2.24. The van der Waals surface area contributed by atoms with Crippen molar-refractivity contribution < 1.29 is 14.3 Å². The van der Waals surface area contributed by atoms with E-state index in [1.54, 1.807) is 31.2 Å². The van der Waals surface area contributed by atoms with E-state index in [2.05, 4.69) is 5.32 Å². The molecule has 2 rings (SSSR count). The van der Waals surface area contributed by atoms with Gasteiger partial charge in [0.15, 0.2) is 6.61 Å². The van der Waals surface area contributed by atoms with E-state index in [0.29, 0.717) is 15.8 Å². The average Bonchev–Trinajstić information content (AvgIpc) is 2.67. The molecule has 29 heavy (non-hydrogen) atoms. The lowest BCUT2D eigenvalue weighted by Gasteiger charge is -2.29. The van der Waals surface area contributed by atoms with Gasteiger partial charge in [0.1, 0.15) is 11.8 Å². The molecule has 0 bridgehead atoms. The lowest BCUT2D eigenvalue weighted by Crippen LogP contribution is -2.50. The normalized spacial score (nSPS) is 11.8. The van der Waals surface area contributed by atoms with Crippen molar-refractivity contribution in [2.75, 3.05) is 6.61 Å². The molecule has 2 aromatic carbocycles. The molecule has 0 spiro atoms. The number of amides is 2. The highest BCUT2D eigenvalue weighted by Gasteiger charge is 2.27. The first-order valence-corrected chi connectivity index (χ1v) is 10.2. The predicted molar refractivity (Wildman–Crippen MR) is 116 cm³/mol. The van der Waals surface area contributed by atoms with E-state index in [0.717, 1.165) is 11.1 Å². The molecule has 0 radical (unpaired) electrons. The maximum Gasteiger partial charge on any atom is 0.261 e. The molecule has 1 N–H and O–H groups in total. The summed E-state index contributed by atoms with van der Waals surface area (Å²) in [6.07, 6.45) is 0. The van der Waals surface area contributed by atoms with Crippen molar-refractivity contribution in [3.63, 3.8) is 0 Å². The first kappa shape index (κ1) is 23.0. The van der Waals surface area contributed by atoms with E-state index in [9.17, 15) is 9.59 Å². The molecule has 2 aromatic rings. The van der Waals surface area contributed by atoms with Crippen LogP contribution in [0.4, 0.5) is 0 Å². The smallest absolute Gasteiger partial charge is 0.261 e. The van der Waals surface area contributed by atoms with Crippen LogP contribution in [0.2, 0.25) is 10.0 Å². The van der Waals surface area contributed by atoms with Crippen LogP contribution in [0.3, 0.4) is 0 Å². The number of nitrogens with zero attached hydrogens (tertiary/aromatic N) is 1. The minimum absolute atomic E-state index is 0.0319. The van der Waals surface area contributed by atoms with Gasteiger partial charge in [-0.3, -0.25) is 9.59 Å². The standard InChI is InChI=1S/C22H26Cl2N2O3/c1-14(2)25-22(28)16(4)26(12-17-7-5-6-8-20(17)24)21(27)13-29-18-9-10-19(23)15(3)11-18/h5-11,14,16H,12-13H2,1-4H3,(H,25,28)/t16-/m1/s1. The average molecular weight is 437 g/mol. The van der Waals surface area contributed by atoms with Gasteiger partial charge in [-0.15, -0.1) is 0 Å². The van der Waals surface area contributed by atoms with Crippen LogP contribution in [0.5, 0.6) is 5.75 Å². The monoisotopic (exact) mass is 436 g/mol. The molecule has 1 atom stereocenters. The van der Waals surface area contributed by atoms with Crippen molar-refractivity contribution in [2.24, 2.45) is 0 Å². The number of halogens is 2. The molecule has 0 saturated carbocycles. The van der Waals surface area contributed by atoms with Crippen LogP contribution in [-0.2, 0) is 16.1 Å². The Labute approximate surface area is 181 Å². The largest absolute Gasteiger partial charge is 0.484 e. The molecule has 5 nitrogen and oxygen atoms in total. The Morgan fingerprint density at radius 3 is 2.38 bits per heavy atom. The van der Waals surface area contributed by atoms with E-state index in [1.807, 2.05) is 39.0 Å². The molecule has 0 aromatic heterocycles. The van der Waals surface area contributed by atoms with Gasteiger partial charge in [0, 0.05) is 22.6 Å². The van der Waals surface area contributed by atoms with E-state index in [1.165, 1.54) is 4.90 Å². The number of carbonyl (C=O) groups excluding carboxylic acids is 2. The van der Waals surface area contributed by atoms with E-state index in [4.69, 9.17) is 27.9 Å². The third kappa shape index (κ3) is 6.65. The number of nitrogens with one attached hydrogen (secondary N) is 1. The SMILES string of the molecule is Cc1cc(OCC(=O)N(Cc2ccccc2Cl)[C@H](C)C(=O)NC(C)C)ccc1Cl. The number of carbonyl (C=O) groups is 2. The summed E-state index contributed by atoms with van der Waals surface area (Å²) in [4.78, 5) is 27.0. The fourth-order valence-electron chi connectivity index (χ4n) is 2.73. The first-order chi connectivity index (χ1) is 13.7. The lowest BCUT2D eigenvalue weighted by molar-refractivity contribution is -0.142. The van der Waals surface area contributed by atoms with Gasteiger partial charge in [-0.05, 0) is 63.1 Å². The van der Waals surface area contributed by atoms with Gasteiger partial charge in [-0.1, -0.05) is 41.4 Å². The molecule has 7 heteroatoms. The quantitative estimate of drug-likeness (QED) is 0.656. The van der Waals surface area contributed by atoms with Gasteiger partial charge in [0.25, 0.3) is 5.91 Å². The van der Waals surface area contributed by atoms with E-state index in [-0.39, 0.29) is 31.0 Å². The van der Waals surface area contributed by atoms with Crippen LogP contribution in [0.1, 0.15) is 31.9 Å². The second-order valence-electron chi connectivity index (χ2n) is 7.15. The minimum atomic E-state index is -0.684.